The fraction of sp³-hybridized carbons (Fsp3) is 0.778. The average molecular weight is 139 g/mol. The SMILES string of the molecule is CNC(C)C/C=C1\C[C@@H]1C. The zero-order valence-corrected chi connectivity index (χ0v) is 7.15. The highest BCUT2D eigenvalue weighted by molar-refractivity contribution is 5.21. The van der Waals surface area contributed by atoms with Crippen LogP contribution >= 0.6 is 0 Å². The van der Waals surface area contributed by atoms with Crippen LogP contribution in [0, 0.1) is 5.92 Å². The van der Waals surface area contributed by atoms with Crippen LogP contribution in [0.5, 0.6) is 0 Å². The van der Waals surface area contributed by atoms with Crippen molar-refractivity contribution in [1.29, 1.82) is 0 Å². The fourth-order valence-electron chi connectivity index (χ4n) is 1.03. The van der Waals surface area contributed by atoms with Crippen molar-refractivity contribution in [2.75, 3.05) is 7.05 Å². The van der Waals surface area contributed by atoms with Crippen molar-refractivity contribution in [3.8, 4) is 0 Å². The maximum atomic E-state index is 3.22. The minimum atomic E-state index is 0.639. The van der Waals surface area contributed by atoms with Crippen LogP contribution in [-0.2, 0) is 0 Å². The monoisotopic (exact) mass is 139 g/mol. The summed E-state index contributed by atoms with van der Waals surface area (Å²) in [6.07, 6.45) is 4.92. The van der Waals surface area contributed by atoms with Crippen LogP contribution in [0.2, 0.25) is 0 Å². The van der Waals surface area contributed by atoms with E-state index >= 15 is 0 Å². The van der Waals surface area contributed by atoms with Gasteiger partial charge in [0, 0.05) is 6.04 Å². The summed E-state index contributed by atoms with van der Waals surface area (Å²) in [5.74, 6) is 0.893. The molecule has 1 N–H and O–H groups in total. The Bertz CT molecular complexity index is 138. The van der Waals surface area contributed by atoms with Gasteiger partial charge in [0.05, 0.1) is 0 Å². The first kappa shape index (κ1) is 7.80. The van der Waals surface area contributed by atoms with Crippen molar-refractivity contribution in [2.24, 2.45) is 5.92 Å². The van der Waals surface area contributed by atoms with Gasteiger partial charge in [-0.15, -0.1) is 0 Å². The number of rotatable bonds is 3. The molecule has 0 heterocycles. The first-order valence-corrected chi connectivity index (χ1v) is 4.10. The molecule has 0 saturated heterocycles. The van der Waals surface area contributed by atoms with Gasteiger partial charge in [-0.1, -0.05) is 18.6 Å². The van der Waals surface area contributed by atoms with E-state index in [1.807, 2.05) is 7.05 Å². The Hall–Kier alpha value is -0.300. The molecule has 2 atom stereocenters. The minimum absolute atomic E-state index is 0.639. The Morgan fingerprint density at radius 3 is 2.80 bits per heavy atom. The molecule has 0 aromatic heterocycles. The topological polar surface area (TPSA) is 12.0 Å². The molecular weight excluding hydrogens is 122 g/mol. The van der Waals surface area contributed by atoms with Gasteiger partial charge in [0.1, 0.15) is 0 Å². The summed E-state index contributed by atoms with van der Waals surface area (Å²) < 4.78 is 0. The van der Waals surface area contributed by atoms with Crippen LogP contribution in [0.3, 0.4) is 0 Å². The van der Waals surface area contributed by atoms with Gasteiger partial charge in [-0.05, 0) is 32.7 Å². The molecule has 10 heavy (non-hydrogen) atoms. The molecule has 0 aliphatic heterocycles. The number of hydrogen-bond acceptors (Lipinski definition) is 1. The second kappa shape index (κ2) is 3.20. The summed E-state index contributed by atoms with van der Waals surface area (Å²) in [6, 6.07) is 0.639. The molecule has 1 heteroatoms. The Morgan fingerprint density at radius 2 is 2.40 bits per heavy atom. The van der Waals surface area contributed by atoms with Crippen molar-refractivity contribution in [3.63, 3.8) is 0 Å². The molecule has 0 bridgehead atoms. The summed E-state index contributed by atoms with van der Waals surface area (Å²) in [7, 11) is 2.01. The minimum Gasteiger partial charge on any atom is -0.317 e. The molecule has 1 rings (SSSR count). The summed E-state index contributed by atoms with van der Waals surface area (Å²) in [5, 5.41) is 3.22. The van der Waals surface area contributed by atoms with Crippen LogP contribution in [0.25, 0.3) is 0 Å². The van der Waals surface area contributed by atoms with Crippen molar-refractivity contribution < 1.29 is 0 Å². The molecule has 0 aromatic carbocycles. The maximum absolute atomic E-state index is 3.22. The zero-order chi connectivity index (χ0) is 7.56. The molecule has 0 spiro atoms. The standard InChI is InChI=1S/C9H17N/c1-7-6-9(7)5-4-8(2)10-3/h5,7-8,10H,4,6H2,1-3H3/b9-5+/t7-,8?/m0/s1. The molecule has 0 amide bonds. The van der Waals surface area contributed by atoms with Gasteiger partial charge in [0.15, 0.2) is 0 Å². The summed E-state index contributed by atoms with van der Waals surface area (Å²) in [6.45, 7) is 4.50. The lowest BCUT2D eigenvalue weighted by Gasteiger charge is -2.04. The smallest absolute Gasteiger partial charge is 0.00703 e. The Morgan fingerprint density at radius 1 is 1.80 bits per heavy atom. The van der Waals surface area contributed by atoms with E-state index in [9.17, 15) is 0 Å². The van der Waals surface area contributed by atoms with E-state index in [1.165, 1.54) is 12.8 Å². The second-order valence-electron chi connectivity index (χ2n) is 3.31. The first-order valence-electron chi connectivity index (χ1n) is 4.10. The molecule has 1 aliphatic carbocycles. The van der Waals surface area contributed by atoms with Gasteiger partial charge < -0.3 is 5.32 Å². The summed E-state index contributed by atoms with van der Waals surface area (Å²) in [4.78, 5) is 0. The number of allylic oxidation sites excluding steroid dienone is 1. The Balaban J connectivity index is 2.16. The first-order chi connectivity index (χ1) is 4.74. The molecular formula is C9H17N. The lowest BCUT2D eigenvalue weighted by molar-refractivity contribution is 0.619. The number of hydrogen-bond donors (Lipinski definition) is 1. The highest BCUT2D eigenvalue weighted by Crippen LogP contribution is 2.36. The van der Waals surface area contributed by atoms with E-state index in [0.717, 1.165) is 5.92 Å². The zero-order valence-electron chi connectivity index (χ0n) is 7.15. The van der Waals surface area contributed by atoms with Crippen molar-refractivity contribution >= 4 is 0 Å². The quantitative estimate of drug-likeness (QED) is 0.589. The van der Waals surface area contributed by atoms with Crippen molar-refractivity contribution in [3.05, 3.63) is 11.6 Å². The van der Waals surface area contributed by atoms with E-state index in [0.29, 0.717) is 6.04 Å². The van der Waals surface area contributed by atoms with E-state index in [2.05, 4.69) is 25.2 Å². The second-order valence-corrected chi connectivity index (χ2v) is 3.31. The Labute approximate surface area is 63.5 Å². The van der Waals surface area contributed by atoms with Gasteiger partial charge in [0.25, 0.3) is 0 Å². The lowest BCUT2D eigenvalue weighted by Crippen LogP contribution is -2.19. The summed E-state index contributed by atoms with van der Waals surface area (Å²) in [5.41, 5.74) is 1.65. The molecule has 58 valence electrons. The van der Waals surface area contributed by atoms with Gasteiger partial charge in [0.2, 0.25) is 0 Å². The molecule has 1 saturated carbocycles. The normalized spacial score (nSPS) is 30.7. The molecule has 0 radical (unpaired) electrons. The van der Waals surface area contributed by atoms with E-state index in [1.54, 1.807) is 5.57 Å². The van der Waals surface area contributed by atoms with Gasteiger partial charge >= 0.3 is 0 Å². The van der Waals surface area contributed by atoms with Gasteiger partial charge in [-0.3, -0.25) is 0 Å². The lowest BCUT2D eigenvalue weighted by atomic mass is 10.2. The fourth-order valence-corrected chi connectivity index (χ4v) is 1.03. The third kappa shape index (κ3) is 2.14. The van der Waals surface area contributed by atoms with Crippen LogP contribution in [0.15, 0.2) is 11.6 Å². The van der Waals surface area contributed by atoms with Crippen molar-refractivity contribution in [1.82, 2.24) is 5.32 Å². The summed E-state index contributed by atoms with van der Waals surface area (Å²) >= 11 is 0. The number of nitrogens with one attached hydrogen (secondary N) is 1. The third-order valence-corrected chi connectivity index (χ3v) is 2.24. The highest BCUT2D eigenvalue weighted by atomic mass is 14.8. The highest BCUT2D eigenvalue weighted by Gasteiger charge is 2.22. The van der Waals surface area contributed by atoms with E-state index < -0.39 is 0 Å². The molecule has 0 aromatic rings. The van der Waals surface area contributed by atoms with Crippen LogP contribution in [0.4, 0.5) is 0 Å². The third-order valence-electron chi connectivity index (χ3n) is 2.24. The van der Waals surface area contributed by atoms with E-state index in [-0.39, 0.29) is 0 Å². The predicted molar refractivity (Wildman–Crippen MR) is 45.0 cm³/mol. The van der Waals surface area contributed by atoms with Crippen LogP contribution < -0.4 is 5.32 Å². The maximum Gasteiger partial charge on any atom is 0.00703 e. The molecule has 1 aliphatic rings. The van der Waals surface area contributed by atoms with Gasteiger partial charge in [-0.25, -0.2) is 0 Å². The average Bonchev–Trinajstić information content (AvgIpc) is 2.61. The molecule has 1 unspecified atom stereocenters. The Kier molecular flexibility index (Phi) is 2.50. The molecule has 1 fully saturated rings. The van der Waals surface area contributed by atoms with E-state index in [4.69, 9.17) is 0 Å². The van der Waals surface area contributed by atoms with Crippen molar-refractivity contribution in [2.45, 2.75) is 32.7 Å². The van der Waals surface area contributed by atoms with Crippen LogP contribution in [-0.4, -0.2) is 13.1 Å². The van der Waals surface area contributed by atoms with Crippen LogP contribution in [0.1, 0.15) is 26.7 Å². The predicted octanol–water partition coefficient (Wildman–Crippen LogP) is 1.95. The largest absolute Gasteiger partial charge is 0.317 e. The molecule has 1 nitrogen and oxygen atoms in total. The van der Waals surface area contributed by atoms with Gasteiger partial charge in [-0.2, -0.15) is 0 Å².